The monoisotopic (exact) mass is 537 g/mol. The molecule has 4 aromatic rings. The van der Waals surface area contributed by atoms with Crippen molar-refractivity contribution in [2.24, 2.45) is 0 Å². The van der Waals surface area contributed by atoms with Crippen molar-refractivity contribution in [2.45, 2.75) is 4.90 Å². The second kappa shape index (κ2) is 9.70. The Labute approximate surface area is 209 Å². The van der Waals surface area contributed by atoms with Crippen molar-refractivity contribution in [2.75, 3.05) is 10.0 Å². The molecule has 1 aromatic heterocycles. The van der Waals surface area contributed by atoms with E-state index in [1.54, 1.807) is 35.7 Å². The maximum atomic E-state index is 12.9. The number of nitrogens with zero attached hydrogens (tertiary/aromatic N) is 1. The van der Waals surface area contributed by atoms with Crippen LogP contribution in [0.15, 0.2) is 77.0 Å². The van der Waals surface area contributed by atoms with Crippen LogP contribution in [0.25, 0.3) is 11.3 Å². The van der Waals surface area contributed by atoms with E-state index in [1.807, 2.05) is 0 Å². The number of sulfonamides is 1. The number of rotatable bonds is 6. The molecule has 1 amide bonds. The number of para-hydroxylation sites is 1. The zero-order valence-electron chi connectivity index (χ0n) is 16.6. The topological polar surface area (TPSA) is 88.2 Å². The number of benzene rings is 3. The number of carbonyl (C=O) groups is 1. The molecule has 0 unspecified atom stereocenters. The van der Waals surface area contributed by atoms with Crippen LogP contribution in [0.5, 0.6) is 0 Å². The first-order valence-electron chi connectivity index (χ1n) is 9.33. The number of amides is 1. The lowest BCUT2D eigenvalue weighted by atomic mass is 10.2. The highest BCUT2D eigenvalue weighted by Gasteiger charge is 2.19. The van der Waals surface area contributed by atoms with Crippen molar-refractivity contribution in [1.82, 2.24) is 4.98 Å². The van der Waals surface area contributed by atoms with Crippen molar-refractivity contribution < 1.29 is 13.2 Å². The molecule has 1 heterocycles. The second-order valence-corrected chi connectivity index (χ2v) is 10.5. The van der Waals surface area contributed by atoms with Crippen LogP contribution in [0.2, 0.25) is 15.1 Å². The Bertz CT molecular complexity index is 1440. The van der Waals surface area contributed by atoms with Crippen LogP contribution in [0.1, 0.15) is 10.4 Å². The molecular weight excluding hydrogens is 525 g/mol. The maximum absolute atomic E-state index is 12.9. The van der Waals surface area contributed by atoms with E-state index in [2.05, 4.69) is 15.0 Å². The van der Waals surface area contributed by atoms with E-state index in [-0.39, 0.29) is 16.1 Å². The van der Waals surface area contributed by atoms with Gasteiger partial charge in [-0.05, 0) is 54.6 Å². The molecule has 0 bridgehead atoms. The molecule has 2 N–H and O–H groups in total. The van der Waals surface area contributed by atoms with E-state index in [0.717, 1.165) is 0 Å². The van der Waals surface area contributed by atoms with Crippen LogP contribution in [0.4, 0.5) is 10.8 Å². The summed E-state index contributed by atoms with van der Waals surface area (Å²) in [5.74, 6) is -0.525. The first kappa shape index (κ1) is 23.5. The normalized spacial score (nSPS) is 11.2. The van der Waals surface area contributed by atoms with Gasteiger partial charge in [0.2, 0.25) is 0 Å². The summed E-state index contributed by atoms with van der Waals surface area (Å²) in [5.41, 5.74) is 1.45. The predicted molar refractivity (Wildman–Crippen MR) is 134 cm³/mol. The van der Waals surface area contributed by atoms with Gasteiger partial charge in [-0.25, -0.2) is 13.4 Å². The number of anilines is 2. The predicted octanol–water partition coefficient (Wildman–Crippen LogP) is 6.82. The first-order valence-corrected chi connectivity index (χ1v) is 12.8. The van der Waals surface area contributed by atoms with Gasteiger partial charge in [-0.2, -0.15) is 0 Å². The van der Waals surface area contributed by atoms with Gasteiger partial charge >= 0.3 is 0 Å². The summed E-state index contributed by atoms with van der Waals surface area (Å²) in [6.45, 7) is 0. The number of aromatic nitrogens is 1. The Morgan fingerprint density at radius 1 is 0.909 bits per heavy atom. The Kier molecular flexibility index (Phi) is 6.92. The van der Waals surface area contributed by atoms with Gasteiger partial charge in [-0.3, -0.25) is 14.8 Å². The highest BCUT2D eigenvalue weighted by Crippen LogP contribution is 2.33. The van der Waals surface area contributed by atoms with E-state index >= 15 is 0 Å². The van der Waals surface area contributed by atoms with Gasteiger partial charge in [-0.1, -0.05) is 46.9 Å². The van der Waals surface area contributed by atoms with Gasteiger partial charge in [-0.15, -0.1) is 11.3 Å². The van der Waals surface area contributed by atoms with E-state index in [0.29, 0.717) is 31.5 Å². The molecule has 0 fully saturated rings. The summed E-state index contributed by atoms with van der Waals surface area (Å²) in [6, 6.07) is 17.0. The molecule has 0 aliphatic carbocycles. The molecule has 0 saturated heterocycles. The van der Waals surface area contributed by atoms with Crippen LogP contribution in [0, 0.1) is 0 Å². The number of hydrogen-bond donors (Lipinski definition) is 2. The molecule has 4 rings (SSSR count). The fourth-order valence-corrected chi connectivity index (χ4v) is 5.20. The molecular formula is C22H14Cl3N3O3S2. The van der Waals surface area contributed by atoms with Crippen molar-refractivity contribution in [3.8, 4) is 11.3 Å². The summed E-state index contributed by atoms with van der Waals surface area (Å²) in [7, 11) is -3.93. The molecule has 0 saturated carbocycles. The third kappa shape index (κ3) is 5.48. The number of halogens is 3. The zero-order chi connectivity index (χ0) is 23.6. The van der Waals surface area contributed by atoms with Crippen LogP contribution >= 0.6 is 46.1 Å². The molecule has 33 heavy (non-hydrogen) atoms. The number of thiazole rings is 1. The number of hydrogen-bond acceptors (Lipinski definition) is 5. The largest absolute Gasteiger partial charge is 0.298 e. The lowest BCUT2D eigenvalue weighted by molar-refractivity contribution is 0.102. The lowest BCUT2D eigenvalue weighted by Gasteiger charge is -2.12. The number of carbonyl (C=O) groups excluding carboxylic acids is 1. The Balaban J connectivity index is 1.56. The quantitative estimate of drug-likeness (QED) is 0.282. The summed E-state index contributed by atoms with van der Waals surface area (Å²) in [4.78, 5) is 17.3. The van der Waals surface area contributed by atoms with Crippen LogP contribution in [0.3, 0.4) is 0 Å². The molecule has 6 nitrogen and oxygen atoms in total. The molecule has 11 heteroatoms. The van der Waals surface area contributed by atoms with Gasteiger partial charge in [0, 0.05) is 21.0 Å². The minimum absolute atomic E-state index is 0.0186. The minimum Gasteiger partial charge on any atom is -0.298 e. The zero-order valence-corrected chi connectivity index (χ0v) is 20.5. The van der Waals surface area contributed by atoms with Crippen molar-refractivity contribution >= 4 is 72.9 Å². The van der Waals surface area contributed by atoms with Crippen molar-refractivity contribution in [3.63, 3.8) is 0 Å². The molecule has 3 aromatic carbocycles. The van der Waals surface area contributed by atoms with Gasteiger partial charge in [0.05, 0.1) is 26.9 Å². The van der Waals surface area contributed by atoms with Gasteiger partial charge in [0.25, 0.3) is 15.9 Å². The second-order valence-electron chi connectivity index (χ2n) is 6.72. The molecule has 0 spiro atoms. The Hall–Kier alpha value is -2.62. The standard InChI is InChI=1S/C22H14Cl3N3O3S2/c23-13-5-8-15(9-6-13)33(30,31)28-19-4-2-1-3-16(19)21(29)27-22-26-20(12-32-22)17-11-14(24)7-10-18(17)25/h1-12,28H,(H,26,27,29). The van der Waals surface area contributed by atoms with E-state index in [9.17, 15) is 13.2 Å². The molecule has 0 aliphatic heterocycles. The SMILES string of the molecule is O=C(Nc1nc(-c2cc(Cl)ccc2Cl)cs1)c1ccccc1NS(=O)(=O)c1ccc(Cl)cc1. The Morgan fingerprint density at radius 2 is 1.61 bits per heavy atom. The van der Waals surface area contributed by atoms with E-state index in [1.165, 1.54) is 47.7 Å². The summed E-state index contributed by atoms with van der Waals surface area (Å²) < 4.78 is 27.9. The van der Waals surface area contributed by atoms with Gasteiger partial charge in [0.1, 0.15) is 0 Å². The van der Waals surface area contributed by atoms with Gasteiger partial charge < -0.3 is 0 Å². The van der Waals surface area contributed by atoms with Gasteiger partial charge in [0.15, 0.2) is 5.13 Å². The van der Waals surface area contributed by atoms with Crippen molar-refractivity contribution in [1.29, 1.82) is 0 Å². The summed E-state index contributed by atoms with van der Waals surface area (Å²) in [5, 5.41) is 6.15. The molecule has 0 atom stereocenters. The highest BCUT2D eigenvalue weighted by molar-refractivity contribution is 7.92. The average Bonchev–Trinajstić information content (AvgIpc) is 3.24. The first-order chi connectivity index (χ1) is 15.7. The average molecular weight is 539 g/mol. The van der Waals surface area contributed by atoms with Crippen LogP contribution in [-0.4, -0.2) is 19.3 Å². The smallest absolute Gasteiger partial charge is 0.261 e. The Morgan fingerprint density at radius 3 is 2.36 bits per heavy atom. The maximum Gasteiger partial charge on any atom is 0.261 e. The third-order valence-electron chi connectivity index (χ3n) is 4.47. The van der Waals surface area contributed by atoms with Crippen molar-refractivity contribution in [3.05, 3.63) is 92.7 Å². The number of nitrogens with one attached hydrogen (secondary N) is 2. The summed E-state index contributed by atoms with van der Waals surface area (Å²) >= 11 is 19.3. The molecule has 0 radical (unpaired) electrons. The summed E-state index contributed by atoms with van der Waals surface area (Å²) in [6.07, 6.45) is 0. The highest BCUT2D eigenvalue weighted by atomic mass is 35.5. The lowest BCUT2D eigenvalue weighted by Crippen LogP contribution is -2.18. The van der Waals surface area contributed by atoms with Crippen LogP contribution in [-0.2, 0) is 10.0 Å². The fourth-order valence-electron chi connectivity index (χ4n) is 2.90. The van der Waals surface area contributed by atoms with E-state index < -0.39 is 15.9 Å². The van der Waals surface area contributed by atoms with Crippen LogP contribution < -0.4 is 10.0 Å². The molecule has 168 valence electrons. The fraction of sp³-hybridized carbons (Fsp3) is 0. The minimum atomic E-state index is -3.93. The molecule has 0 aliphatic rings. The van der Waals surface area contributed by atoms with E-state index in [4.69, 9.17) is 34.8 Å². The third-order valence-corrected chi connectivity index (χ3v) is 7.42.